The number of aliphatic imine (C=N–C) groups is 1. The lowest BCUT2D eigenvalue weighted by molar-refractivity contribution is 0.301. The molecule has 2 N–H and O–H groups in total. The van der Waals surface area contributed by atoms with Crippen LogP contribution >= 0.6 is 11.6 Å². The Morgan fingerprint density at radius 2 is 2.18 bits per heavy atom. The van der Waals surface area contributed by atoms with Crippen LogP contribution in [0.5, 0.6) is 11.6 Å². The van der Waals surface area contributed by atoms with Crippen molar-refractivity contribution in [3.63, 3.8) is 0 Å². The highest BCUT2D eigenvalue weighted by molar-refractivity contribution is 6.29. The summed E-state index contributed by atoms with van der Waals surface area (Å²) < 4.78 is 24.4. The summed E-state index contributed by atoms with van der Waals surface area (Å²) in [5, 5.41) is 0.322. The van der Waals surface area contributed by atoms with E-state index >= 15 is 0 Å². The van der Waals surface area contributed by atoms with Gasteiger partial charge < -0.3 is 15.2 Å². The van der Waals surface area contributed by atoms with Gasteiger partial charge in [0, 0.05) is 19.5 Å². The highest BCUT2D eigenvalue weighted by Crippen LogP contribution is 2.23. The van der Waals surface area contributed by atoms with E-state index in [1.807, 2.05) is 0 Å². The second kappa shape index (κ2) is 7.61. The number of amidine groups is 1. The molecule has 0 aliphatic heterocycles. The number of benzene rings is 1. The number of pyridine rings is 1. The maximum atomic E-state index is 13.8. The van der Waals surface area contributed by atoms with E-state index in [2.05, 4.69) is 9.98 Å². The number of ether oxygens (including phenoxy) is 2. The molecule has 0 saturated carbocycles. The second-order valence-electron chi connectivity index (χ2n) is 4.31. The molecule has 0 bridgehead atoms. The van der Waals surface area contributed by atoms with Gasteiger partial charge in [0.25, 0.3) is 6.02 Å². The van der Waals surface area contributed by atoms with Gasteiger partial charge in [-0.1, -0.05) is 17.7 Å². The zero-order valence-corrected chi connectivity index (χ0v) is 12.7. The van der Waals surface area contributed by atoms with Crippen molar-refractivity contribution in [2.24, 2.45) is 10.7 Å². The molecule has 0 fully saturated rings. The molecular formula is C15H15ClFN3O2. The first-order valence-corrected chi connectivity index (χ1v) is 6.90. The van der Waals surface area contributed by atoms with Crippen molar-refractivity contribution < 1.29 is 13.9 Å². The molecule has 1 heterocycles. The number of aromatic nitrogens is 1. The van der Waals surface area contributed by atoms with Gasteiger partial charge >= 0.3 is 0 Å². The molecule has 0 atom stereocenters. The fourth-order valence-electron chi connectivity index (χ4n) is 1.70. The Morgan fingerprint density at radius 1 is 1.36 bits per heavy atom. The average Bonchev–Trinajstić information content (AvgIpc) is 2.50. The lowest BCUT2D eigenvalue weighted by Gasteiger charge is -2.09. The molecule has 0 radical (unpaired) electrons. The summed E-state index contributed by atoms with van der Waals surface area (Å²) in [6.07, 6.45) is 0.336. The monoisotopic (exact) mass is 323 g/mol. The number of halogens is 2. The summed E-state index contributed by atoms with van der Waals surface area (Å²) in [4.78, 5) is 7.67. The highest BCUT2D eigenvalue weighted by Gasteiger charge is 2.07. The molecule has 0 saturated heterocycles. The molecule has 7 heteroatoms. The van der Waals surface area contributed by atoms with Gasteiger partial charge in [-0.25, -0.2) is 14.4 Å². The molecule has 2 aromatic rings. The largest absolute Gasteiger partial charge is 0.465 e. The van der Waals surface area contributed by atoms with E-state index in [9.17, 15) is 4.39 Å². The predicted octanol–water partition coefficient (Wildman–Crippen LogP) is 3.17. The number of rotatable bonds is 5. The lowest BCUT2D eigenvalue weighted by Crippen LogP contribution is -2.17. The van der Waals surface area contributed by atoms with Crippen LogP contribution in [0.3, 0.4) is 0 Å². The van der Waals surface area contributed by atoms with E-state index in [0.717, 1.165) is 0 Å². The van der Waals surface area contributed by atoms with Crippen LogP contribution in [0.4, 0.5) is 4.39 Å². The summed E-state index contributed by atoms with van der Waals surface area (Å²) in [5.74, 6) is 0.453. The fraction of sp³-hybridized carbons (Fsp3) is 0.200. The maximum Gasteiger partial charge on any atom is 0.281 e. The van der Waals surface area contributed by atoms with E-state index in [0.29, 0.717) is 28.8 Å². The maximum absolute atomic E-state index is 13.8. The molecule has 1 aromatic carbocycles. The van der Waals surface area contributed by atoms with Crippen LogP contribution in [0.2, 0.25) is 5.15 Å². The Bertz CT molecular complexity index is 680. The third-order valence-electron chi connectivity index (χ3n) is 2.77. The van der Waals surface area contributed by atoms with Gasteiger partial charge in [0.1, 0.15) is 16.7 Å². The fourth-order valence-corrected chi connectivity index (χ4v) is 1.86. The Hall–Kier alpha value is -2.34. The molecule has 0 aliphatic rings. The molecule has 22 heavy (non-hydrogen) atoms. The van der Waals surface area contributed by atoms with Gasteiger partial charge in [0.15, 0.2) is 0 Å². The van der Waals surface area contributed by atoms with Crippen LogP contribution in [0.25, 0.3) is 0 Å². The molecule has 0 amide bonds. The number of hydrogen-bond donors (Lipinski definition) is 1. The zero-order valence-electron chi connectivity index (χ0n) is 11.9. The van der Waals surface area contributed by atoms with Gasteiger partial charge in [-0.05, 0) is 29.8 Å². The molecule has 116 valence electrons. The minimum absolute atomic E-state index is 0.0657. The Kier molecular flexibility index (Phi) is 5.55. The Balaban J connectivity index is 2.06. The highest BCUT2D eigenvalue weighted by atomic mass is 35.5. The minimum atomic E-state index is -0.345. The first-order valence-electron chi connectivity index (χ1n) is 6.52. The van der Waals surface area contributed by atoms with Crippen molar-refractivity contribution in [3.05, 3.63) is 52.9 Å². The van der Waals surface area contributed by atoms with Crippen molar-refractivity contribution in [1.82, 2.24) is 4.98 Å². The molecule has 1 aromatic heterocycles. The van der Waals surface area contributed by atoms with Crippen LogP contribution < -0.4 is 10.5 Å². The Morgan fingerprint density at radius 3 is 2.91 bits per heavy atom. The van der Waals surface area contributed by atoms with Gasteiger partial charge in [-0.3, -0.25) is 0 Å². The van der Waals surface area contributed by atoms with Crippen LogP contribution in [-0.2, 0) is 11.2 Å². The van der Waals surface area contributed by atoms with Crippen LogP contribution in [0.1, 0.15) is 5.56 Å². The predicted molar refractivity (Wildman–Crippen MR) is 82.9 cm³/mol. The third-order valence-corrected chi connectivity index (χ3v) is 2.98. The number of hydrogen-bond acceptors (Lipinski definition) is 4. The average molecular weight is 324 g/mol. The zero-order chi connectivity index (χ0) is 15.9. The van der Waals surface area contributed by atoms with Crippen LogP contribution in [-0.4, -0.2) is 24.7 Å². The van der Waals surface area contributed by atoms with Crippen LogP contribution in [0.15, 0.2) is 41.4 Å². The second-order valence-corrected chi connectivity index (χ2v) is 4.70. The van der Waals surface area contributed by atoms with E-state index < -0.39 is 0 Å². The van der Waals surface area contributed by atoms with E-state index in [-0.39, 0.29) is 18.4 Å². The summed E-state index contributed by atoms with van der Waals surface area (Å²) >= 11 is 5.79. The van der Waals surface area contributed by atoms with Crippen molar-refractivity contribution in [3.8, 4) is 11.6 Å². The molecule has 5 nitrogen and oxygen atoms in total. The first kappa shape index (κ1) is 16.0. The first-order chi connectivity index (χ1) is 10.6. The van der Waals surface area contributed by atoms with Gasteiger partial charge in [0.2, 0.25) is 5.88 Å². The number of nitrogens with two attached hydrogens (primary N) is 1. The lowest BCUT2D eigenvalue weighted by atomic mass is 10.1. The van der Waals surface area contributed by atoms with Crippen molar-refractivity contribution >= 4 is 17.6 Å². The van der Waals surface area contributed by atoms with Crippen molar-refractivity contribution in [2.45, 2.75) is 6.42 Å². The molecular weight excluding hydrogens is 309 g/mol. The minimum Gasteiger partial charge on any atom is -0.465 e. The molecule has 0 spiro atoms. The van der Waals surface area contributed by atoms with Crippen molar-refractivity contribution in [2.75, 3.05) is 13.7 Å². The van der Waals surface area contributed by atoms with Crippen molar-refractivity contribution in [1.29, 1.82) is 0 Å². The van der Waals surface area contributed by atoms with Gasteiger partial charge in [0.05, 0.1) is 6.61 Å². The summed E-state index contributed by atoms with van der Waals surface area (Å²) in [6.45, 7) is 0.221. The normalized spacial score (nSPS) is 11.3. The van der Waals surface area contributed by atoms with E-state index in [1.165, 1.54) is 19.2 Å². The quantitative estimate of drug-likeness (QED) is 0.521. The molecule has 2 rings (SSSR count). The number of nitrogens with zero attached hydrogens (tertiary/aromatic N) is 2. The molecule has 0 aliphatic carbocycles. The van der Waals surface area contributed by atoms with E-state index in [4.69, 9.17) is 26.8 Å². The summed E-state index contributed by atoms with van der Waals surface area (Å²) in [5.41, 5.74) is 5.86. The smallest absolute Gasteiger partial charge is 0.281 e. The molecule has 0 unspecified atom stereocenters. The third kappa shape index (κ3) is 4.60. The summed E-state index contributed by atoms with van der Waals surface area (Å²) in [7, 11) is 1.52. The topological polar surface area (TPSA) is 69.7 Å². The Labute approximate surface area is 132 Å². The van der Waals surface area contributed by atoms with E-state index in [1.54, 1.807) is 24.3 Å². The van der Waals surface area contributed by atoms with Gasteiger partial charge in [-0.2, -0.15) is 0 Å². The summed E-state index contributed by atoms with van der Waals surface area (Å²) in [6, 6.07) is 9.52. The standard InChI is InChI=1S/C15H15ClFN3O2/c1-19-15(18)21-8-7-10-9-11(5-6-12(10)17)22-14-4-2-3-13(16)20-14/h2-6,9H,7-8H2,1H3,(H2,18,19). The van der Waals surface area contributed by atoms with Gasteiger partial charge in [-0.15, -0.1) is 0 Å². The SMILES string of the molecule is CN=C(N)OCCc1cc(Oc2cccc(Cl)n2)ccc1F. The van der Waals surface area contributed by atoms with Crippen LogP contribution in [0, 0.1) is 5.82 Å².